The van der Waals surface area contributed by atoms with Gasteiger partial charge in [-0.2, -0.15) is 26.3 Å². The Labute approximate surface area is 111 Å². The molecule has 0 aliphatic carbocycles. The highest BCUT2D eigenvalue weighted by atomic mass is 19.4. The third kappa shape index (κ3) is 3.61. The number of nitro groups is 1. The van der Waals surface area contributed by atoms with E-state index in [0.717, 1.165) is 0 Å². The maximum atomic E-state index is 12.5. The highest BCUT2D eigenvalue weighted by Crippen LogP contribution is 2.47. The van der Waals surface area contributed by atoms with Gasteiger partial charge in [0.25, 0.3) is 5.69 Å². The minimum Gasteiger partial charge on any atom is -0.477 e. The van der Waals surface area contributed by atoms with Crippen LogP contribution < -0.4 is 0 Å². The van der Waals surface area contributed by atoms with Crippen molar-refractivity contribution in [1.82, 2.24) is 0 Å². The molecule has 11 heteroatoms. The Bertz CT molecular complexity index is 566. The number of carbonyl (C=O) groups is 1. The molecule has 0 spiro atoms. The van der Waals surface area contributed by atoms with Crippen molar-refractivity contribution in [3.8, 4) is 0 Å². The topological polar surface area (TPSA) is 80.4 Å². The second-order valence-corrected chi connectivity index (χ2v) is 3.86. The number of rotatable bonds is 3. The number of carboxylic acid groups (broad SMARTS) is 1. The van der Waals surface area contributed by atoms with Crippen molar-refractivity contribution in [3.63, 3.8) is 0 Å². The van der Waals surface area contributed by atoms with Crippen molar-refractivity contribution in [2.24, 2.45) is 0 Å². The zero-order chi connectivity index (χ0) is 16.6. The molecule has 1 aromatic carbocycles. The molecule has 21 heavy (non-hydrogen) atoms. The smallest absolute Gasteiger partial charge is 0.404 e. The van der Waals surface area contributed by atoms with Crippen LogP contribution >= 0.6 is 0 Å². The maximum Gasteiger partial charge on any atom is 0.404 e. The molecular weight excluding hydrogens is 312 g/mol. The van der Waals surface area contributed by atoms with Crippen molar-refractivity contribution in [2.45, 2.75) is 18.3 Å². The number of halogens is 6. The Morgan fingerprint density at radius 3 is 1.95 bits per heavy atom. The fourth-order valence-electron chi connectivity index (χ4n) is 1.62. The monoisotopic (exact) mass is 317 g/mol. The van der Waals surface area contributed by atoms with Crippen LogP contribution in [0.5, 0.6) is 0 Å². The first kappa shape index (κ1) is 16.7. The van der Waals surface area contributed by atoms with E-state index in [0.29, 0.717) is 6.07 Å². The summed E-state index contributed by atoms with van der Waals surface area (Å²) in [4.78, 5) is 19.9. The van der Waals surface area contributed by atoms with E-state index in [1.54, 1.807) is 0 Å². The van der Waals surface area contributed by atoms with Gasteiger partial charge in [-0.1, -0.05) is 6.07 Å². The number of benzene rings is 1. The van der Waals surface area contributed by atoms with E-state index >= 15 is 0 Å². The molecule has 0 aromatic heterocycles. The lowest BCUT2D eigenvalue weighted by atomic mass is 9.95. The van der Waals surface area contributed by atoms with E-state index in [1.165, 1.54) is 0 Å². The molecule has 0 radical (unpaired) electrons. The molecule has 116 valence electrons. The Morgan fingerprint density at radius 1 is 1.14 bits per heavy atom. The van der Waals surface area contributed by atoms with E-state index in [2.05, 4.69) is 0 Å². The molecule has 0 saturated carbocycles. The highest BCUT2D eigenvalue weighted by Gasteiger charge is 2.57. The van der Waals surface area contributed by atoms with Gasteiger partial charge in [0.15, 0.2) is 5.92 Å². The quantitative estimate of drug-likeness (QED) is 0.525. The van der Waals surface area contributed by atoms with Crippen LogP contribution in [0, 0.1) is 10.1 Å². The summed E-state index contributed by atoms with van der Waals surface area (Å²) < 4.78 is 74.9. The minimum absolute atomic E-state index is 0.0326. The summed E-state index contributed by atoms with van der Waals surface area (Å²) in [5.74, 6) is -5.78. The van der Waals surface area contributed by atoms with E-state index in [4.69, 9.17) is 5.11 Å². The van der Waals surface area contributed by atoms with Gasteiger partial charge in [-0.05, 0) is 11.6 Å². The number of aromatic carboxylic acids is 1. The number of alkyl halides is 6. The van der Waals surface area contributed by atoms with Gasteiger partial charge in [-0.15, -0.1) is 0 Å². The van der Waals surface area contributed by atoms with Gasteiger partial charge in [-0.25, -0.2) is 4.79 Å². The Morgan fingerprint density at radius 2 is 1.62 bits per heavy atom. The number of carboxylic acids is 1. The van der Waals surface area contributed by atoms with Crippen LogP contribution in [0.25, 0.3) is 0 Å². The summed E-state index contributed by atoms with van der Waals surface area (Å²) in [5.41, 5.74) is -3.81. The summed E-state index contributed by atoms with van der Waals surface area (Å²) in [7, 11) is 0. The number of nitrogens with zero attached hydrogens (tertiary/aromatic N) is 1. The van der Waals surface area contributed by atoms with Crippen LogP contribution in [0.15, 0.2) is 18.2 Å². The SMILES string of the molecule is O=C(O)c1ccc(C(C(F)(F)F)C(F)(F)F)cc1[N+](=O)[O-]. The van der Waals surface area contributed by atoms with Gasteiger partial charge in [0.2, 0.25) is 0 Å². The van der Waals surface area contributed by atoms with Crippen LogP contribution in [-0.2, 0) is 0 Å². The van der Waals surface area contributed by atoms with E-state index in [9.17, 15) is 41.3 Å². The molecule has 1 aromatic rings. The number of hydrogen-bond donors (Lipinski definition) is 1. The third-order valence-electron chi connectivity index (χ3n) is 2.44. The fourth-order valence-corrected chi connectivity index (χ4v) is 1.62. The molecule has 1 N–H and O–H groups in total. The molecule has 0 saturated heterocycles. The largest absolute Gasteiger partial charge is 0.477 e. The molecule has 0 aliphatic rings. The summed E-state index contributed by atoms with van der Waals surface area (Å²) in [5, 5.41) is 19.2. The predicted octanol–water partition coefficient (Wildman–Crippen LogP) is 3.50. The lowest BCUT2D eigenvalue weighted by Crippen LogP contribution is -2.34. The maximum absolute atomic E-state index is 12.5. The summed E-state index contributed by atoms with van der Waals surface area (Å²) in [6, 6.07) is 0.553. The normalized spacial score (nSPS) is 12.5. The van der Waals surface area contributed by atoms with Crippen LogP contribution in [0.1, 0.15) is 21.8 Å². The van der Waals surface area contributed by atoms with Crippen molar-refractivity contribution in [3.05, 3.63) is 39.4 Å². The lowest BCUT2D eigenvalue weighted by Gasteiger charge is -2.23. The minimum atomic E-state index is -5.73. The second-order valence-electron chi connectivity index (χ2n) is 3.86. The average molecular weight is 317 g/mol. The van der Waals surface area contributed by atoms with E-state index in [1.807, 2.05) is 0 Å². The zero-order valence-corrected chi connectivity index (χ0v) is 9.70. The van der Waals surface area contributed by atoms with Crippen LogP contribution in [-0.4, -0.2) is 28.4 Å². The van der Waals surface area contributed by atoms with Gasteiger partial charge < -0.3 is 5.11 Å². The highest BCUT2D eigenvalue weighted by molar-refractivity contribution is 5.92. The first-order valence-electron chi connectivity index (χ1n) is 5.00. The second kappa shape index (κ2) is 5.22. The molecule has 0 heterocycles. The van der Waals surface area contributed by atoms with Gasteiger partial charge in [0, 0.05) is 6.07 Å². The van der Waals surface area contributed by atoms with Crippen LogP contribution in [0.4, 0.5) is 32.0 Å². The molecule has 0 unspecified atom stereocenters. The molecule has 0 amide bonds. The van der Waals surface area contributed by atoms with Crippen molar-refractivity contribution >= 4 is 11.7 Å². The first-order chi connectivity index (χ1) is 9.35. The molecule has 0 atom stereocenters. The fraction of sp³-hybridized carbons (Fsp3) is 0.300. The predicted molar refractivity (Wildman–Crippen MR) is 54.9 cm³/mol. The Balaban J connectivity index is 3.52. The molecule has 1 rings (SSSR count). The number of nitro benzene ring substituents is 1. The summed E-state index contributed by atoms with van der Waals surface area (Å²) in [6.45, 7) is 0. The van der Waals surface area contributed by atoms with Crippen molar-refractivity contribution in [1.29, 1.82) is 0 Å². The van der Waals surface area contributed by atoms with Crippen LogP contribution in [0.3, 0.4) is 0 Å². The van der Waals surface area contributed by atoms with Gasteiger partial charge >= 0.3 is 18.3 Å². The molecular formula is C10H5F6NO4. The Hall–Kier alpha value is -2.33. The van der Waals surface area contributed by atoms with Crippen molar-refractivity contribution < 1.29 is 41.2 Å². The summed E-state index contributed by atoms with van der Waals surface area (Å²) >= 11 is 0. The molecule has 0 fully saturated rings. The van der Waals surface area contributed by atoms with E-state index in [-0.39, 0.29) is 12.1 Å². The Kier molecular flexibility index (Phi) is 4.16. The standard InChI is InChI=1S/C10H5F6NO4/c11-9(12,13)7(10(14,15)16)4-1-2-5(8(18)19)6(3-4)17(20)21/h1-3,7H,(H,18,19). The zero-order valence-electron chi connectivity index (χ0n) is 9.70. The molecule has 5 nitrogen and oxygen atoms in total. The van der Waals surface area contributed by atoms with Crippen LogP contribution in [0.2, 0.25) is 0 Å². The average Bonchev–Trinajstić information content (AvgIpc) is 2.24. The lowest BCUT2D eigenvalue weighted by molar-refractivity contribution is -0.385. The van der Waals surface area contributed by atoms with Gasteiger partial charge in [-0.3, -0.25) is 10.1 Å². The van der Waals surface area contributed by atoms with Gasteiger partial charge in [0.05, 0.1) is 4.92 Å². The van der Waals surface area contributed by atoms with E-state index < -0.39 is 46.0 Å². The van der Waals surface area contributed by atoms with Gasteiger partial charge in [0.1, 0.15) is 5.56 Å². The summed E-state index contributed by atoms with van der Waals surface area (Å²) in [6.07, 6.45) is -11.5. The number of hydrogen-bond acceptors (Lipinski definition) is 3. The first-order valence-corrected chi connectivity index (χ1v) is 5.00. The van der Waals surface area contributed by atoms with Crippen molar-refractivity contribution in [2.75, 3.05) is 0 Å². The molecule has 0 bridgehead atoms. The third-order valence-corrected chi connectivity index (χ3v) is 2.44. The molecule has 0 aliphatic heterocycles.